The van der Waals surface area contributed by atoms with E-state index in [0.717, 1.165) is 59.7 Å². The Balaban J connectivity index is 1.48. The van der Waals surface area contributed by atoms with Gasteiger partial charge in [0.05, 0.1) is 16.6 Å². The lowest BCUT2D eigenvalue weighted by Crippen LogP contribution is -2.34. The van der Waals surface area contributed by atoms with E-state index in [4.69, 9.17) is 10.7 Å². The van der Waals surface area contributed by atoms with Gasteiger partial charge in [0, 0.05) is 18.0 Å². The molecule has 1 saturated carbocycles. The number of nitrogens with zero attached hydrogens (tertiary/aromatic N) is 1. The summed E-state index contributed by atoms with van der Waals surface area (Å²) in [5, 5.41) is 4.11. The number of amides is 1. The van der Waals surface area contributed by atoms with Crippen LogP contribution in [0, 0.1) is 11.7 Å². The summed E-state index contributed by atoms with van der Waals surface area (Å²) in [6.45, 7) is 0. The molecule has 4 nitrogen and oxygen atoms in total. The van der Waals surface area contributed by atoms with Gasteiger partial charge in [-0.3, -0.25) is 4.79 Å². The molecule has 3 atom stereocenters. The summed E-state index contributed by atoms with van der Waals surface area (Å²) in [7, 11) is 0. The monoisotopic (exact) mass is 373 g/mol. The number of thiazole rings is 1. The normalized spacial score (nSPS) is 25.1. The molecule has 2 aromatic rings. The number of aromatic nitrogens is 1. The molecule has 2 aliphatic rings. The molecule has 1 unspecified atom stereocenters. The number of aryl methyl sites for hydroxylation is 1. The van der Waals surface area contributed by atoms with E-state index in [0.29, 0.717) is 12.3 Å². The maximum Gasteiger partial charge on any atom is 0.220 e. The van der Waals surface area contributed by atoms with Crippen molar-refractivity contribution in [3.8, 4) is 10.6 Å². The molecule has 0 spiro atoms. The van der Waals surface area contributed by atoms with Crippen LogP contribution in [0.2, 0.25) is 0 Å². The van der Waals surface area contributed by atoms with Gasteiger partial charge in [0.1, 0.15) is 10.8 Å². The topological polar surface area (TPSA) is 68.0 Å². The molecular formula is C20H24FN3OS. The Kier molecular flexibility index (Phi) is 5.05. The molecule has 26 heavy (non-hydrogen) atoms. The molecule has 0 aliphatic heterocycles. The van der Waals surface area contributed by atoms with Crippen LogP contribution in [0.1, 0.15) is 55.1 Å². The summed E-state index contributed by atoms with van der Waals surface area (Å²) in [4.78, 5) is 18.4. The number of halogens is 1. The van der Waals surface area contributed by atoms with E-state index in [1.165, 1.54) is 12.1 Å². The third-order valence-corrected chi connectivity index (χ3v) is 6.80. The van der Waals surface area contributed by atoms with Crippen molar-refractivity contribution in [1.82, 2.24) is 10.3 Å². The van der Waals surface area contributed by atoms with E-state index in [1.807, 2.05) is 0 Å². The zero-order valence-corrected chi connectivity index (χ0v) is 15.5. The van der Waals surface area contributed by atoms with Crippen molar-refractivity contribution in [1.29, 1.82) is 0 Å². The van der Waals surface area contributed by atoms with Crippen molar-refractivity contribution in [2.24, 2.45) is 11.7 Å². The molecule has 0 saturated heterocycles. The summed E-state index contributed by atoms with van der Waals surface area (Å²) in [5.41, 5.74) is 8.10. The van der Waals surface area contributed by atoms with Crippen LogP contribution in [0.5, 0.6) is 0 Å². The highest BCUT2D eigenvalue weighted by atomic mass is 32.1. The number of carbonyl (C=O) groups is 1. The van der Waals surface area contributed by atoms with Gasteiger partial charge >= 0.3 is 0 Å². The van der Waals surface area contributed by atoms with Crippen LogP contribution in [0.15, 0.2) is 24.3 Å². The van der Waals surface area contributed by atoms with Crippen molar-refractivity contribution < 1.29 is 9.18 Å². The first-order valence-electron chi connectivity index (χ1n) is 9.40. The van der Waals surface area contributed by atoms with Crippen LogP contribution < -0.4 is 11.1 Å². The average Bonchev–Trinajstić information content (AvgIpc) is 3.23. The van der Waals surface area contributed by atoms with Gasteiger partial charge < -0.3 is 11.1 Å². The highest BCUT2D eigenvalue weighted by Crippen LogP contribution is 2.38. The van der Waals surface area contributed by atoms with Crippen LogP contribution in [0.3, 0.4) is 0 Å². The van der Waals surface area contributed by atoms with Gasteiger partial charge in [0.25, 0.3) is 0 Å². The summed E-state index contributed by atoms with van der Waals surface area (Å²) in [5.74, 6) is 0.168. The Morgan fingerprint density at radius 2 is 2.04 bits per heavy atom. The molecular weight excluding hydrogens is 349 g/mol. The van der Waals surface area contributed by atoms with Crippen molar-refractivity contribution in [3.63, 3.8) is 0 Å². The molecule has 4 rings (SSSR count). The van der Waals surface area contributed by atoms with Crippen molar-refractivity contribution >= 4 is 17.2 Å². The number of nitrogens with two attached hydrogens (primary N) is 1. The number of fused-ring (bicyclic) bond motifs is 1. The fourth-order valence-corrected chi connectivity index (χ4v) is 5.29. The fourth-order valence-electron chi connectivity index (χ4n) is 4.08. The zero-order valence-electron chi connectivity index (χ0n) is 14.7. The predicted octanol–water partition coefficient (Wildman–Crippen LogP) is 3.96. The van der Waals surface area contributed by atoms with E-state index in [2.05, 4.69) is 5.32 Å². The minimum absolute atomic E-state index is 0.0376. The average molecular weight is 373 g/mol. The lowest BCUT2D eigenvalue weighted by molar-refractivity contribution is -0.122. The third kappa shape index (κ3) is 3.67. The van der Waals surface area contributed by atoms with Crippen molar-refractivity contribution in [2.45, 2.75) is 57.0 Å². The first kappa shape index (κ1) is 17.6. The van der Waals surface area contributed by atoms with E-state index < -0.39 is 0 Å². The SMILES string of the molecule is N[C@@H]1CCC[C@H]1CC(=O)NC1CCCc2nc(-c3ccc(F)cc3)sc21. The largest absolute Gasteiger partial charge is 0.348 e. The number of hydrogen-bond donors (Lipinski definition) is 2. The molecule has 1 fully saturated rings. The van der Waals surface area contributed by atoms with Gasteiger partial charge in [0.15, 0.2) is 0 Å². The van der Waals surface area contributed by atoms with E-state index >= 15 is 0 Å². The second kappa shape index (κ2) is 7.45. The molecule has 0 bridgehead atoms. The second-order valence-electron chi connectivity index (χ2n) is 7.41. The summed E-state index contributed by atoms with van der Waals surface area (Å²) >= 11 is 1.61. The van der Waals surface area contributed by atoms with E-state index in [-0.39, 0.29) is 23.8 Å². The van der Waals surface area contributed by atoms with Crippen molar-refractivity contribution in [3.05, 3.63) is 40.7 Å². The Labute approximate surface area is 157 Å². The standard InChI is InChI=1S/C20H24FN3OS/c21-14-9-7-12(8-10-14)20-24-17-6-2-5-16(19(17)26-20)23-18(25)11-13-3-1-4-15(13)22/h7-10,13,15-16H,1-6,11,22H2,(H,23,25)/t13-,15+,16?/m0/s1. The van der Waals surface area contributed by atoms with Gasteiger partial charge in [-0.05, 0) is 62.3 Å². The first-order chi connectivity index (χ1) is 12.6. The molecule has 1 aromatic carbocycles. The summed E-state index contributed by atoms with van der Waals surface area (Å²) in [6.07, 6.45) is 6.64. The summed E-state index contributed by atoms with van der Waals surface area (Å²) < 4.78 is 13.2. The third-order valence-electron chi connectivity index (χ3n) is 5.54. The zero-order chi connectivity index (χ0) is 18.1. The predicted molar refractivity (Wildman–Crippen MR) is 101 cm³/mol. The van der Waals surface area contributed by atoms with Gasteiger partial charge in [-0.25, -0.2) is 9.37 Å². The lowest BCUT2D eigenvalue weighted by atomic mass is 9.96. The Bertz CT molecular complexity index is 789. The quantitative estimate of drug-likeness (QED) is 0.852. The highest BCUT2D eigenvalue weighted by Gasteiger charge is 2.29. The van der Waals surface area contributed by atoms with Crippen LogP contribution in [-0.4, -0.2) is 16.9 Å². The number of carbonyl (C=O) groups excluding carboxylic acids is 1. The van der Waals surface area contributed by atoms with Gasteiger partial charge in [-0.2, -0.15) is 0 Å². The van der Waals surface area contributed by atoms with Crippen molar-refractivity contribution in [2.75, 3.05) is 0 Å². The molecule has 0 radical (unpaired) electrons. The highest BCUT2D eigenvalue weighted by molar-refractivity contribution is 7.15. The lowest BCUT2D eigenvalue weighted by Gasteiger charge is -2.23. The molecule has 138 valence electrons. The minimum atomic E-state index is -0.245. The molecule has 3 N–H and O–H groups in total. The first-order valence-corrected chi connectivity index (χ1v) is 10.2. The maximum atomic E-state index is 13.2. The van der Waals surface area contributed by atoms with E-state index in [1.54, 1.807) is 23.5 Å². The van der Waals surface area contributed by atoms with Gasteiger partial charge in [-0.1, -0.05) is 6.42 Å². The number of benzene rings is 1. The minimum Gasteiger partial charge on any atom is -0.348 e. The fraction of sp³-hybridized carbons (Fsp3) is 0.500. The van der Waals surface area contributed by atoms with E-state index in [9.17, 15) is 9.18 Å². The molecule has 2 aliphatic carbocycles. The Morgan fingerprint density at radius 1 is 1.23 bits per heavy atom. The van der Waals surface area contributed by atoms with Crippen LogP contribution in [-0.2, 0) is 11.2 Å². The maximum absolute atomic E-state index is 13.2. The number of rotatable bonds is 4. The molecule has 6 heteroatoms. The molecule has 1 heterocycles. The second-order valence-corrected chi connectivity index (χ2v) is 8.44. The summed E-state index contributed by atoms with van der Waals surface area (Å²) in [6, 6.07) is 6.63. The number of nitrogens with one attached hydrogen (secondary N) is 1. The van der Waals surface area contributed by atoms with Crippen LogP contribution in [0.4, 0.5) is 4.39 Å². The smallest absolute Gasteiger partial charge is 0.220 e. The van der Waals surface area contributed by atoms with Gasteiger partial charge in [0.2, 0.25) is 5.91 Å². The molecule has 1 aromatic heterocycles. The Morgan fingerprint density at radius 3 is 2.77 bits per heavy atom. The Hall–Kier alpha value is -1.79. The number of hydrogen-bond acceptors (Lipinski definition) is 4. The molecule has 1 amide bonds. The van der Waals surface area contributed by atoms with Crippen LogP contribution in [0.25, 0.3) is 10.6 Å². The van der Waals surface area contributed by atoms with Crippen LogP contribution >= 0.6 is 11.3 Å². The van der Waals surface area contributed by atoms with Gasteiger partial charge in [-0.15, -0.1) is 11.3 Å².